The van der Waals surface area contributed by atoms with Crippen LogP contribution < -0.4 is 25.4 Å². The summed E-state index contributed by atoms with van der Waals surface area (Å²) in [4.78, 5) is 33.6. The summed E-state index contributed by atoms with van der Waals surface area (Å²) in [6.45, 7) is 1.70. The SMILES string of the molecule is COc1ccc(OCC(=O)NCC(=O)NCCNC(C)=O)cc1. The molecule has 3 amide bonds. The number of ether oxygens (including phenoxy) is 2. The van der Waals surface area contributed by atoms with E-state index in [0.29, 0.717) is 24.6 Å². The fourth-order valence-electron chi connectivity index (χ4n) is 1.55. The molecular formula is C15H21N3O5. The van der Waals surface area contributed by atoms with E-state index in [1.807, 2.05) is 0 Å². The summed E-state index contributed by atoms with van der Waals surface area (Å²) in [5.41, 5.74) is 0. The van der Waals surface area contributed by atoms with Gasteiger partial charge >= 0.3 is 0 Å². The first-order valence-electron chi connectivity index (χ1n) is 7.06. The van der Waals surface area contributed by atoms with Crippen LogP contribution in [-0.4, -0.2) is 51.1 Å². The Kier molecular flexibility index (Phi) is 7.98. The maximum atomic E-state index is 11.6. The number of carbonyl (C=O) groups excluding carboxylic acids is 3. The van der Waals surface area contributed by atoms with Crippen molar-refractivity contribution in [1.29, 1.82) is 0 Å². The van der Waals surface area contributed by atoms with Gasteiger partial charge in [-0.25, -0.2) is 0 Å². The van der Waals surface area contributed by atoms with Crippen LogP contribution in [0.25, 0.3) is 0 Å². The minimum atomic E-state index is -0.405. The minimum Gasteiger partial charge on any atom is -0.497 e. The lowest BCUT2D eigenvalue weighted by atomic mass is 10.3. The molecule has 23 heavy (non-hydrogen) atoms. The van der Waals surface area contributed by atoms with Crippen LogP contribution in [0.15, 0.2) is 24.3 Å². The van der Waals surface area contributed by atoms with Gasteiger partial charge in [-0.15, -0.1) is 0 Å². The lowest BCUT2D eigenvalue weighted by Crippen LogP contribution is -2.41. The number of amides is 3. The van der Waals surface area contributed by atoms with Crippen molar-refractivity contribution in [3.63, 3.8) is 0 Å². The van der Waals surface area contributed by atoms with Gasteiger partial charge in [0.25, 0.3) is 5.91 Å². The Morgan fingerprint density at radius 3 is 2.13 bits per heavy atom. The summed E-state index contributed by atoms with van der Waals surface area (Å²) in [5.74, 6) is 0.313. The van der Waals surface area contributed by atoms with Crippen molar-refractivity contribution in [2.75, 3.05) is 33.4 Å². The highest BCUT2D eigenvalue weighted by atomic mass is 16.5. The summed E-state index contributed by atoms with van der Waals surface area (Å²) in [6.07, 6.45) is 0. The first kappa shape index (κ1) is 18.3. The highest BCUT2D eigenvalue weighted by molar-refractivity contribution is 5.85. The molecule has 3 N–H and O–H groups in total. The third-order valence-electron chi connectivity index (χ3n) is 2.70. The summed E-state index contributed by atoms with van der Waals surface area (Å²) >= 11 is 0. The van der Waals surface area contributed by atoms with Crippen molar-refractivity contribution < 1.29 is 23.9 Å². The van der Waals surface area contributed by atoms with Crippen LogP contribution in [0.4, 0.5) is 0 Å². The van der Waals surface area contributed by atoms with Gasteiger partial charge < -0.3 is 25.4 Å². The predicted octanol–water partition coefficient (Wildman–Crippen LogP) is -0.557. The maximum Gasteiger partial charge on any atom is 0.258 e. The van der Waals surface area contributed by atoms with Crippen LogP contribution >= 0.6 is 0 Å². The Hall–Kier alpha value is -2.77. The van der Waals surface area contributed by atoms with Gasteiger partial charge in [-0.3, -0.25) is 14.4 Å². The number of carbonyl (C=O) groups is 3. The van der Waals surface area contributed by atoms with E-state index in [1.54, 1.807) is 31.4 Å². The van der Waals surface area contributed by atoms with Gasteiger partial charge in [0.05, 0.1) is 13.7 Å². The zero-order chi connectivity index (χ0) is 17.1. The van der Waals surface area contributed by atoms with E-state index in [9.17, 15) is 14.4 Å². The molecule has 0 aliphatic heterocycles. The molecule has 0 bridgehead atoms. The maximum absolute atomic E-state index is 11.6. The second-order valence-corrected chi connectivity index (χ2v) is 4.57. The van der Waals surface area contributed by atoms with Crippen molar-refractivity contribution in [2.24, 2.45) is 0 Å². The van der Waals surface area contributed by atoms with E-state index in [2.05, 4.69) is 16.0 Å². The lowest BCUT2D eigenvalue weighted by Gasteiger charge is -2.09. The smallest absolute Gasteiger partial charge is 0.258 e. The van der Waals surface area contributed by atoms with Crippen molar-refractivity contribution >= 4 is 17.7 Å². The topological polar surface area (TPSA) is 106 Å². The highest BCUT2D eigenvalue weighted by Gasteiger charge is 2.06. The molecule has 1 rings (SSSR count). The van der Waals surface area contributed by atoms with E-state index >= 15 is 0 Å². The molecule has 0 heterocycles. The van der Waals surface area contributed by atoms with Crippen molar-refractivity contribution in [2.45, 2.75) is 6.92 Å². The van der Waals surface area contributed by atoms with E-state index in [1.165, 1.54) is 6.92 Å². The van der Waals surface area contributed by atoms with Gasteiger partial charge in [0.1, 0.15) is 11.5 Å². The first-order chi connectivity index (χ1) is 11.0. The predicted molar refractivity (Wildman–Crippen MR) is 83.2 cm³/mol. The largest absolute Gasteiger partial charge is 0.497 e. The fourth-order valence-corrected chi connectivity index (χ4v) is 1.55. The number of nitrogens with one attached hydrogen (secondary N) is 3. The molecule has 0 radical (unpaired) electrons. The van der Waals surface area contributed by atoms with Crippen LogP contribution in [0.1, 0.15) is 6.92 Å². The zero-order valence-electron chi connectivity index (χ0n) is 13.2. The molecule has 0 aliphatic carbocycles. The van der Waals surface area contributed by atoms with E-state index in [-0.39, 0.29) is 25.0 Å². The average molecular weight is 323 g/mol. The van der Waals surface area contributed by atoms with Gasteiger partial charge in [-0.1, -0.05) is 0 Å². The van der Waals surface area contributed by atoms with Crippen LogP contribution in [0.5, 0.6) is 11.5 Å². The Labute approximate surface area is 134 Å². The highest BCUT2D eigenvalue weighted by Crippen LogP contribution is 2.16. The molecule has 0 saturated heterocycles. The van der Waals surface area contributed by atoms with Crippen molar-refractivity contribution in [1.82, 2.24) is 16.0 Å². The van der Waals surface area contributed by atoms with Gasteiger partial charge in [0, 0.05) is 20.0 Å². The third kappa shape index (κ3) is 8.30. The Morgan fingerprint density at radius 1 is 0.913 bits per heavy atom. The molecule has 1 aromatic carbocycles. The number of methoxy groups -OCH3 is 1. The van der Waals surface area contributed by atoms with Crippen LogP contribution in [0, 0.1) is 0 Å². The first-order valence-corrected chi connectivity index (χ1v) is 7.06. The number of rotatable bonds is 9. The van der Waals surface area contributed by atoms with Crippen LogP contribution in [0.3, 0.4) is 0 Å². The molecule has 8 nitrogen and oxygen atoms in total. The standard InChI is InChI=1S/C15H21N3O5/c1-11(19)16-7-8-17-14(20)9-18-15(21)10-23-13-5-3-12(22-2)4-6-13/h3-6H,7-10H2,1-2H3,(H,16,19)(H,17,20)(H,18,21). The number of hydrogen-bond donors (Lipinski definition) is 3. The number of benzene rings is 1. The quantitative estimate of drug-likeness (QED) is 0.528. The van der Waals surface area contributed by atoms with Crippen molar-refractivity contribution in [3.05, 3.63) is 24.3 Å². The third-order valence-corrected chi connectivity index (χ3v) is 2.70. The monoisotopic (exact) mass is 323 g/mol. The molecule has 0 atom stereocenters. The minimum absolute atomic E-state index is 0.148. The molecule has 0 aliphatic rings. The molecule has 0 fully saturated rings. The molecule has 0 aromatic heterocycles. The molecule has 0 saturated carbocycles. The summed E-state index contributed by atoms with van der Waals surface area (Å²) in [5, 5.41) is 7.54. The average Bonchev–Trinajstić information content (AvgIpc) is 2.55. The summed E-state index contributed by atoms with van der Waals surface area (Å²) < 4.78 is 10.3. The van der Waals surface area contributed by atoms with Gasteiger partial charge in [-0.2, -0.15) is 0 Å². The fraction of sp³-hybridized carbons (Fsp3) is 0.400. The van der Waals surface area contributed by atoms with Crippen molar-refractivity contribution in [3.8, 4) is 11.5 Å². The van der Waals surface area contributed by atoms with Gasteiger partial charge in [-0.05, 0) is 24.3 Å². The molecule has 8 heteroatoms. The molecule has 0 spiro atoms. The van der Waals surface area contributed by atoms with Crippen LogP contribution in [0.2, 0.25) is 0 Å². The normalized spacial score (nSPS) is 9.65. The molecule has 1 aromatic rings. The molecular weight excluding hydrogens is 302 g/mol. The Balaban J connectivity index is 2.15. The van der Waals surface area contributed by atoms with Crippen LogP contribution in [-0.2, 0) is 14.4 Å². The second-order valence-electron chi connectivity index (χ2n) is 4.57. The second kappa shape index (κ2) is 10.0. The molecule has 126 valence electrons. The van der Waals surface area contributed by atoms with E-state index < -0.39 is 5.91 Å². The number of hydrogen-bond acceptors (Lipinski definition) is 5. The molecule has 0 unspecified atom stereocenters. The van der Waals surface area contributed by atoms with E-state index in [4.69, 9.17) is 9.47 Å². The summed E-state index contributed by atoms with van der Waals surface area (Å²) in [6, 6.07) is 6.80. The lowest BCUT2D eigenvalue weighted by molar-refractivity contribution is -0.127. The zero-order valence-corrected chi connectivity index (χ0v) is 13.2. The van der Waals surface area contributed by atoms with Gasteiger partial charge in [0.15, 0.2) is 6.61 Å². The Bertz CT molecular complexity index is 530. The summed E-state index contributed by atoms with van der Waals surface area (Å²) in [7, 11) is 1.56. The van der Waals surface area contributed by atoms with E-state index in [0.717, 1.165) is 0 Å². The Morgan fingerprint density at radius 2 is 1.52 bits per heavy atom. The van der Waals surface area contributed by atoms with Gasteiger partial charge in [0.2, 0.25) is 11.8 Å².